The molecule has 9 nitrogen and oxygen atoms in total. The molecule has 2 heterocycles. The minimum absolute atomic E-state index is 0.0715. The van der Waals surface area contributed by atoms with Gasteiger partial charge in [0.1, 0.15) is 11.8 Å². The van der Waals surface area contributed by atoms with E-state index in [0.29, 0.717) is 36.6 Å². The fraction of sp³-hybridized carbons (Fsp3) is 0.294. The number of fused-ring (bicyclic) bond motifs is 1. The number of benzene rings is 3. The van der Waals surface area contributed by atoms with E-state index in [0.717, 1.165) is 0 Å². The van der Waals surface area contributed by atoms with E-state index in [4.69, 9.17) is 4.74 Å². The van der Waals surface area contributed by atoms with Crippen LogP contribution in [0, 0.1) is 5.92 Å². The third kappa shape index (κ3) is 7.07. The third-order valence-corrected chi connectivity index (χ3v) is 7.74. The van der Waals surface area contributed by atoms with E-state index in [9.17, 15) is 14.7 Å². The molecule has 1 aliphatic rings. The van der Waals surface area contributed by atoms with E-state index in [2.05, 4.69) is 56.6 Å². The average molecular weight is 580 g/mol. The number of amides is 2. The second-order valence-corrected chi connectivity index (χ2v) is 11.1. The Morgan fingerprint density at radius 3 is 2.51 bits per heavy atom. The minimum Gasteiger partial charge on any atom is -0.486 e. The van der Waals surface area contributed by atoms with Crippen LogP contribution in [0.25, 0.3) is 11.1 Å². The first kappa shape index (κ1) is 29.9. The van der Waals surface area contributed by atoms with E-state index in [-0.39, 0.29) is 36.3 Å². The average Bonchev–Trinajstić information content (AvgIpc) is 3.03. The predicted molar refractivity (Wildman–Crippen MR) is 166 cm³/mol. The number of para-hydroxylation sites is 1. The van der Waals surface area contributed by atoms with Crippen molar-refractivity contribution in [3.05, 3.63) is 108 Å². The summed E-state index contributed by atoms with van der Waals surface area (Å²) in [5.74, 6) is -0.486. The van der Waals surface area contributed by atoms with Gasteiger partial charge in [-0.05, 0) is 42.8 Å². The van der Waals surface area contributed by atoms with Crippen LogP contribution in [0.3, 0.4) is 0 Å². The van der Waals surface area contributed by atoms with Crippen LogP contribution in [0.2, 0.25) is 0 Å². The van der Waals surface area contributed by atoms with Crippen molar-refractivity contribution < 1.29 is 19.4 Å². The summed E-state index contributed by atoms with van der Waals surface area (Å²) in [7, 11) is 2.04. The Balaban J connectivity index is 1.39. The smallest absolute Gasteiger partial charge is 0.275 e. The summed E-state index contributed by atoms with van der Waals surface area (Å²) < 4.78 is 6.63. The first-order chi connectivity index (χ1) is 20.8. The van der Waals surface area contributed by atoms with Crippen LogP contribution in [-0.2, 0) is 6.54 Å². The van der Waals surface area contributed by atoms with E-state index in [1.54, 1.807) is 23.1 Å². The maximum absolute atomic E-state index is 13.7. The van der Waals surface area contributed by atoms with E-state index in [1.165, 1.54) is 35.3 Å². The molecule has 0 spiro atoms. The minimum atomic E-state index is -0.458. The number of carbonyl (C=O) groups excluding carboxylic acids is 2. The summed E-state index contributed by atoms with van der Waals surface area (Å²) in [6, 6.07) is 23.5. The number of carbonyl (C=O) groups is 2. The van der Waals surface area contributed by atoms with Gasteiger partial charge in [0.15, 0.2) is 5.75 Å². The van der Waals surface area contributed by atoms with Crippen molar-refractivity contribution in [2.45, 2.75) is 32.5 Å². The molecule has 2 amide bonds. The standard InChI is InChI=1S/C34H37N5O4/c1-23-19-39(24(2)22-40)34(42)28-10-7-11-29(37-33(41)30-18-35-16-17-36-30)32(28)43-31(23)21-38(3)20-25-12-14-27(15-13-25)26-8-5-4-6-9-26/h4-18,23-24,31,40H,19-22H2,1-3H3,(H,37,41)/t23-,24-,31+/m0/s1. The Hall–Kier alpha value is -4.60. The number of hydrogen-bond donors (Lipinski definition) is 2. The molecule has 222 valence electrons. The number of aliphatic hydroxyl groups is 1. The quantitative estimate of drug-likeness (QED) is 0.295. The summed E-state index contributed by atoms with van der Waals surface area (Å²) in [4.78, 5) is 38.7. The fourth-order valence-corrected chi connectivity index (χ4v) is 5.28. The van der Waals surface area contributed by atoms with Crippen LogP contribution in [-0.4, -0.2) is 75.6 Å². The van der Waals surface area contributed by atoms with Crippen molar-refractivity contribution in [3.63, 3.8) is 0 Å². The Bertz CT molecular complexity index is 1530. The van der Waals surface area contributed by atoms with Crippen molar-refractivity contribution in [2.75, 3.05) is 32.1 Å². The topological polar surface area (TPSA) is 108 Å². The van der Waals surface area contributed by atoms with E-state index >= 15 is 0 Å². The highest BCUT2D eigenvalue weighted by Crippen LogP contribution is 2.35. The van der Waals surface area contributed by atoms with Crippen LogP contribution >= 0.6 is 0 Å². The molecule has 0 aliphatic carbocycles. The number of nitrogens with one attached hydrogen (secondary N) is 1. The second-order valence-electron chi connectivity index (χ2n) is 11.1. The second kappa shape index (κ2) is 13.6. The van der Waals surface area contributed by atoms with Gasteiger partial charge in [0.25, 0.3) is 11.8 Å². The number of rotatable bonds is 9. The van der Waals surface area contributed by atoms with Crippen LogP contribution in [0.15, 0.2) is 91.4 Å². The number of aliphatic hydroxyl groups excluding tert-OH is 1. The third-order valence-electron chi connectivity index (χ3n) is 7.74. The largest absolute Gasteiger partial charge is 0.486 e. The molecule has 2 N–H and O–H groups in total. The predicted octanol–water partition coefficient (Wildman–Crippen LogP) is 4.75. The molecule has 4 aromatic rings. The maximum Gasteiger partial charge on any atom is 0.275 e. The molecule has 0 radical (unpaired) electrons. The molecule has 0 saturated heterocycles. The van der Waals surface area contributed by atoms with Gasteiger partial charge >= 0.3 is 0 Å². The van der Waals surface area contributed by atoms with Gasteiger partial charge in [-0.3, -0.25) is 19.5 Å². The summed E-state index contributed by atoms with van der Waals surface area (Å²) in [6.45, 7) is 5.40. The van der Waals surface area contributed by atoms with Crippen molar-refractivity contribution in [1.82, 2.24) is 19.8 Å². The molecule has 3 atom stereocenters. The van der Waals surface area contributed by atoms with Crippen LogP contribution < -0.4 is 10.1 Å². The van der Waals surface area contributed by atoms with Gasteiger partial charge in [-0.1, -0.05) is 67.6 Å². The van der Waals surface area contributed by atoms with E-state index < -0.39 is 5.91 Å². The Morgan fingerprint density at radius 1 is 1.07 bits per heavy atom. The van der Waals surface area contributed by atoms with Gasteiger partial charge < -0.3 is 20.1 Å². The van der Waals surface area contributed by atoms with Crippen molar-refractivity contribution in [1.29, 1.82) is 0 Å². The highest BCUT2D eigenvalue weighted by Gasteiger charge is 2.34. The van der Waals surface area contributed by atoms with E-state index in [1.807, 2.05) is 39.1 Å². The zero-order chi connectivity index (χ0) is 30.3. The molecule has 0 unspecified atom stereocenters. The zero-order valence-corrected chi connectivity index (χ0v) is 24.7. The van der Waals surface area contributed by atoms with Gasteiger partial charge in [-0.15, -0.1) is 0 Å². The molecular weight excluding hydrogens is 542 g/mol. The monoisotopic (exact) mass is 579 g/mol. The molecule has 0 bridgehead atoms. The first-order valence-electron chi connectivity index (χ1n) is 14.5. The van der Waals surface area contributed by atoms with Gasteiger partial charge in [-0.2, -0.15) is 0 Å². The highest BCUT2D eigenvalue weighted by atomic mass is 16.5. The Kier molecular flexibility index (Phi) is 9.44. The first-order valence-corrected chi connectivity index (χ1v) is 14.5. The normalized spacial score (nSPS) is 17.4. The van der Waals surface area contributed by atoms with Crippen molar-refractivity contribution >= 4 is 17.5 Å². The lowest BCUT2D eigenvalue weighted by atomic mass is 9.98. The maximum atomic E-state index is 13.7. The number of anilines is 1. The SMILES string of the molecule is C[C@H]1CN([C@@H](C)CO)C(=O)c2cccc(NC(=O)c3cnccn3)c2O[C@@H]1CN(C)Cc1ccc(-c2ccccc2)cc1. The summed E-state index contributed by atoms with van der Waals surface area (Å²) in [5.41, 5.74) is 4.36. The number of ether oxygens (including phenoxy) is 1. The number of nitrogens with zero attached hydrogens (tertiary/aromatic N) is 4. The number of hydrogen-bond acceptors (Lipinski definition) is 7. The van der Waals surface area contributed by atoms with Gasteiger partial charge in [0.05, 0.1) is 30.1 Å². The molecule has 0 saturated carbocycles. The summed E-state index contributed by atoms with van der Waals surface area (Å²) in [5, 5.41) is 12.8. The molecule has 9 heteroatoms. The zero-order valence-electron chi connectivity index (χ0n) is 24.7. The Morgan fingerprint density at radius 2 is 1.81 bits per heavy atom. The van der Waals surface area contributed by atoms with Crippen molar-refractivity contribution in [2.24, 2.45) is 5.92 Å². The van der Waals surface area contributed by atoms with Crippen LogP contribution in [0.1, 0.15) is 40.3 Å². The lowest BCUT2D eigenvalue weighted by Gasteiger charge is -2.38. The molecule has 43 heavy (non-hydrogen) atoms. The number of likely N-dealkylation sites (N-methyl/N-ethyl adjacent to an activating group) is 1. The Labute approximate surface area is 252 Å². The molecule has 0 fully saturated rings. The number of aromatic nitrogens is 2. The van der Waals surface area contributed by atoms with Gasteiger partial charge in [-0.25, -0.2) is 4.98 Å². The van der Waals surface area contributed by atoms with Crippen LogP contribution in [0.5, 0.6) is 5.75 Å². The molecule has 1 aromatic heterocycles. The highest BCUT2D eigenvalue weighted by molar-refractivity contribution is 6.06. The lowest BCUT2D eigenvalue weighted by Crippen LogP contribution is -2.49. The summed E-state index contributed by atoms with van der Waals surface area (Å²) >= 11 is 0. The molecular formula is C34H37N5O4. The lowest BCUT2D eigenvalue weighted by molar-refractivity contribution is 0.0343. The fourth-order valence-electron chi connectivity index (χ4n) is 5.28. The molecule has 3 aromatic carbocycles. The van der Waals surface area contributed by atoms with Crippen molar-refractivity contribution in [3.8, 4) is 16.9 Å². The molecule has 1 aliphatic heterocycles. The van der Waals surface area contributed by atoms with Crippen LogP contribution in [0.4, 0.5) is 5.69 Å². The summed E-state index contributed by atoms with van der Waals surface area (Å²) in [6.07, 6.45) is 4.00. The van der Waals surface area contributed by atoms with Gasteiger partial charge in [0, 0.05) is 37.9 Å². The van der Waals surface area contributed by atoms with Gasteiger partial charge in [0.2, 0.25) is 0 Å². The molecule has 5 rings (SSSR count).